The molecule has 1 aromatic heterocycles. The molecule has 5 atom stereocenters. The van der Waals surface area contributed by atoms with Crippen LogP contribution in [0.15, 0.2) is 67.4 Å². The van der Waals surface area contributed by atoms with Gasteiger partial charge >= 0.3 is 5.97 Å². The van der Waals surface area contributed by atoms with E-state index in [1.54, 1.807) is 25.4 Å². The second-order valence-corrected chi connectivity index (χ2v) is 9.50. The quantitative estimate of drug-likeness (QED) is 0.145. The largest absolute Gasteiger partial charge is 0.497 e. The minimum atomic E-state index is -0.899. The van der Waals surface area contributed by atoms with E-state index in [4.69, 9.17) is 9.47 Å². The van der Waals surface area contributed by atoms with Crippen LogP contribution in [0.2, 0.25) is 0 Å². The highest BCUT2D eigenvalue weighted by Crippen LogP contribution is 2.48. The van der Waals surface area contributed by atoms with Gasteiger partial charge < -0.3 is 9.47 Å². The second-order valence-electron chi connectivity index (χ2n) is 9.50. The van der Waals surface area contributed by atoms with Crippen LogP contribution in [0.25, 0.3) is 10.9 Å². The Morgan fingerprint density at radius 3 is 2.72 bits per heavy atom. The lowest BCUT2D eigenvalue weighted by Crippen LogP contribution is -2.64. The number of aromatic nitrogens is 1. The fourth-order valence-electron chi connectivity index (χ4n) is 5.69. The van der Waals surface area contributed by atoms with E-state index in [0.717, 1.165) is 6.42 Å². The molecular formula is C27H27FN3O5+. The molecule has 0 unspecified atom stereocenters. The Kier molecular flexibility index (Phi) is 6.17. The van der Waals surface area contributed by atoms with Gasteiger partial charge in [0.2, 0.25) is 0 Å². The van der Waals surface area contributed by atoms with Gasteiger partial charge in [0, 0.05) is 48.0 Å². The third-order valence-electron chi connectivity index (χ3n) is 7.62. The number of nitro groups is 1. The van der Waals surface area contributed by atoms with Gasteiger partial charge in [-0.1, -0.05) is 6.08 Å². The molecule has 2 bridgehead atoms. The molecule has 0 N–H and O–H groups in total. The van der Waals surface area contributed by atoms with E-state index < -0.39 is 27.7 Å². The first-order valence-electron chi connectivity index (χ1n) is 11.9. The third kappa shape index (κ3) is 4.19. The van der Waals surface area contributed by atoms with Crippen molar-refractivity contribution in [1.29, 1.82) is 0 Å². The van der Waals surface area contributed by atoms with Crippen LogP contribution in [0.3, 0.4) is 0 Å². The molecule has 186 valence electrons. The fraction of sp³-hybridized carbons (Fsp3) is 0.333. The minimum absolute atomic E-state index is 0.0697. The summed E-state index contributed by atoms with van der Waals surface area (Å²) in [6.45, 7) is 4.53. The van der Waals surface area contributed by atoms with Crippen LogP contribution in [-0.2, 0) is 4.74 Å². The molecule has 3 aliphatic rings. The zero-order valence-electron chi connectivity index (χ0n) is 19.9. The van der Waals surface area contributed by atoms with Gasteiger partial charge in [-0.3, -0.25) is 15.1 Å². The van der Waals surface area contributed by atoms with E-state index in [9.17, 15) is 14.9 Å². The number of hydrogen-bond donors (Lipinski definition) is 0. The number of non-ortho nitro benzene ring substituents is 1. The van der Waals surface area contributed by atoms with Crippen molar-refractivity contribution in [3.05, 3.63) is 88.6 Å². The molecule has 3 aromatic rings. The fourth-order valence-corrected chi connectivity index (χ4v) is 5.69. The summed E-state index contributed by atoms with van der Waals surface area (Å²) in [7, 11) is 1.56. The molecule has 0 spiro atoms. The van der Waals surface area contributed by atoms with Crippen molar-refractivity contribution in [2.24, 2.45) is 11.8 Å². The normalized spacial score (nSPS) is 25.8. The number of piperidine rings is 3. The van der Waals surface area contributed by atoms with Gasteiger partial charge in [0.25, 0.3) is 5.69 Å². The van der Waals surface area contributed by atoms with Gasteiger partial charge in [0.05, 0.1) is 23.1 Å². The van der Waals surface area contributed by atoms with E-state index in [2.05, 4.69) is 11.6 Å². The molecule has 9 heteroatoms. The molecule has 3 saturated heterocycles. The molecule has 0 aliphatic carbocycles. The van der Waals surface area contributed by atoms with Gasteiger partial charge in [-0.25, -0.2) is 4.79 Å². The first-order chi connectivity index (χ1) is 17.3. The topological polar surface area (TPSA) is 91.6 Å². The highest BCUT2D eigenvalue weighted by Gasteiger charge is 2.57. The number of ether oxygens (including phenoxy) is 2. The van der Waals surface area contributed by atoms with Gasteiger partial charge in [-0.2, -0.15) is 0 Å². The number of nitrogens with zero attached hydrogens (tertiary/aromatic N) is 3. The van der Waals surface area contributed by atoms with Gasteiger partial charge in [0.1, 0.15) is 18.8 Å². The predicted octanol–water partition coefficient (Wildman–Crippen LogP) is 5.35. The predicted molar refractivity (Wildman–Crippen MR) is 131 cm³/mol. The number of halogens is 1. The van der Waals surface area contributed by atoms with E-state index in [0.29, 0.717) is 35.2 Å². The average molecular weight is 493 g/mol. The summed E-state index contributed by atoms with van der Waals surface area (Å²) in [6, 6.07) is 11.8. The highest BCUT2D eigenvalue weighted by molar-refractivity contribution is 5.90. The SMILES string of the molecule is C=C[C@H]1C[N@+]2(F)CC[C@H]1C[C@H]2[C@H](OC(=O)c1ccc([N+](=O)[O-])cc1)c1ccnc2ccc(OC)cc12. The lowest BCUT2D eigenvalue weighted by Gasteiger charge is -2.50. The van der Waals surface area contributed by atoms with Crippen molar-refractivity contribution in [3.8, 4) is 5.75 Å². The van der Waals surface area contributed by atoms with Crippen LogP contribution in [0.5, 0.6) is 5.75 Å². The van der Waals surface area contributed by atoms with Crippen molar-refractivity contribution in [3.63, 3.8) is 0 Å². The first kappa shape index (κ1) is 23.9. The summed E-state index contributed by atoms with van der Waals surface area (Å²) in [5.74, 6) is 0.266. The summed E-state index contributed by atoms with van der Waals surface area (Å²) in [4.78, 5) is 28.2. The number of carbonyl (C=O) groups is 1. The minimum Gasteiger partial charge on any atom is -0.497 e. The molecule has 2 aromatic carbocycles. The number of hydrogen-bond acceptors (Lipinski definition) is 6. The summed E-state index contributed by atoms with van der Waals surface area (Å²) in [5, 5.41) is 11.7. The molecule has 3 fully saturated rings. The van der Waals surface area contributed by atoms with Crippen molar-refractivity contribution in [1.82, 2.24) is 4.98 Å². The smallest absolute Gasteiger partial charge is 0.338 e. The number of esters is 1. The standard InChI is InChI=1S/C27H27FN3O5/c1-3-17-16-31(28)13-11-19(17)14-25(31)26(36-27(32)18-4-6-20(7-5-18)30(33)34)22-10-12-29-24-9-8-21(35-2)15-23(22)24/h3-10,12,15,17,19,25-26H,1,11,13-14,16H2,2H3/q+1/t17-,19-,25-,26+,31+/m0/s1. The zero-order chi connectivity index (χ0) is 25.4. The van der Waals surface area contributed by atoms with E-state index in [-0.39, 0.29) is 29.6 Å². The van der Waals surface area contributed by atoms with Crippen LogP contribution < -0.4 is 4.74 Å². The molecule has 8 nitrogen and oxygen atoms in total. The molecule has 0 saturated carbocycles. The van der Waals surface area contributed by atoms with Gasteiger partial charge in [-0.15, -0.1) is 11.3 Å². The van der Waals surface area contributed by atoms with Crippen molar-refractivity contribution >= 4 is 22.6 Å². The lowest BCUT2D eigenvalue weighted by atomic mass is 9.73. The summed E-state index contributed by atoms with van der Waals surface area (Å²) >= 11 is 0. The number of pyridine rings is 1. The molecular weight excluding hydrogens is 465 g/mol. The third-order valence-corrected chi connectivity index (χ3v) is 7.62. The van der Waals surface area contributed by atoms with Crippen molar-refractivity contribution < 1.29 is 28.4 Å². The van der Waals surface area contributed by atoms with Crippen LogP contribution in [0, 0.1) is 22.0 Å². The monoisotopic (exact) mass is 492 g/mol. The Labute approximate surface area is 207 Å². The number of methoxy groups -OCH3 is 1. The molecule has 36 heavy (non-hydrogen) atoms. The van der Waals surface area contributed by atoms with Crippen LogP contribution in [-0.4, -0.2) is 46.8 Å². The second kappa shape index (κ2) is 9.31. The number of quaternary nitrogens is 1. The number of nitro benzene ring substituents is 1. The maximum absolute atomic E-state index is 16.5. The molecule has 6 rings (SSSR count). The van der Waals surface area contributed by atoms with E-state index >= 15 is 4.48 Å². The highest BCUT2D eigenvalue weighted by atomic mass is 19.2. The summed E-state index contributed by atoms with van der Waals surface area (Å²) in [5.41, 5.74) is 1.36. The molecule has 0 amide bonds. The van der Waals surface area contributed by atoms with Gasteiger partial charge in [-0.05, 0) is 46.8 Å². The van der Waals surface area contributed by atoms with Crippen LogP contribution >= 0.6 is 0 Å². The maximum atomic E-state index is 16.5. The molecule has 4 heterocycles. The van der Waals surface area contributed by atoms with Crippen molar-refractivity contribution in [2.45, 2.75) is 25.0 Å². The Hall–Kier alpha value is -3.85. The van der Waals surface area contributed by atoms with Crippen LogP contribution in [0.1, 0.15) is 34.9 Å². The first-order valence-corrected chi connectivity index (χ1v) is 11.9. The maximum Gasteiger partial charge on any atom is 0.338 e. The molecule has 3 aliphatic heterocycles. The number of rotatable bonds is 7. The Morgan fingerprint density at radius 2 is 2.06 bits per heavy atom. The average Bonchev–Trinajstić information content (AvgIpc) is 2.90. The number of carbonyl (C=O) groups excluding carboxylic acids is 1. The lowest BCUT2D eigenvalue weighted by molar-refractivity contribution is -1.09. The summed E-state index contributed by atoms with van der Waals surface area (Å²) in [6.07, 6.45) is 3.85. The van der Waals surface area contributed by atoms with E-state index in [1.807, 2.05) is 18.2 Å². The number of benzene rings is 2. The van der Waals surface area contributed by atoms with Gasteiger partial charge in [0.15, 0.2) is 12.1 Å². The molecule has 0 radical (unpaired) electrons. The van der Waals surface area contributed by atoms with E-state index in [1.165, 1.54) is 24.3 Å². The Morgan fingerprint density at radius 1 is 1.28 bits per heavy atom. The van der Waals surface area contributed by atoms with Crippen molar-refractivity contribution in [2.75, 3.05) is 20.2 Å². The summed E-state index contributed by atoms with van der Waals surface area (Å²) < 4.78 is 27.3. The Bertz CT molecular complexity index is 1330. The van der Waals surface area contributed by atoms with Crippen LogP contribution in [0.4, 0.5) is 10.2 Å². The number of fused-ring (bicyclic) bond motifs is 4. The Balaban J connectivity index is 1.57. The zero-order valence-corrected chi connectivity index (χ0v) is 19.9.